The van der Waals surface area contributed by atoms with E-state index < -0.39 is 15.9 Å². The minimum absolute atomic E-state index is 0.311. The summed E-state index contributed by atoms with van der Waals surface area (Å²) in [4.78, 5) is 11.7. The number of benzene rings is 2. The Labute approximate surface area is 113 Å². The van der Waals surface area contributed by atoms with Gasteiger partial charge in [0, 0.05) is 10.0 Å². The Kier molecular flexibility index (Phi) is 3.41. The molecule has 94 valence electrons. The van der Waals surface area contributed by atoms with E-state index in [1.807, 2.05) is 22.9 Å². The van der Waals surface area contributed by atoms with Crippen LogP contribution in [0.25, 0.3) is 10.8 Å². The van der Waals surface area contributed by atoms with Crippen molar-refractivity contribution in [3.63, 3.8) is 0 Å². The van der Waals surface area contributed by atoms with Gasteiger partial charge in [0.1, 0.15) is 0 Å². The zero-order chi connectivity index (χ0) is 13.3. The fourth-order valence-corrected chi connectivity index (χ4v) is 2.58. The molecule has 0 saturated heterocycles. The fraction of sp³-hybridized carbons (Fsp3) is 0.0833. The third kappa shape index (κ3) is 2.88. The molecule has 0 aliphatic carbocycles. The molecule has 2 aromatic rings. The van der Waals surface area contributed by atoms with E-state index >= 15 is 0 Å². The first-order valence-electron chi connectivity index (χ1n) is 5.07. The Morgan fingerprint density at radius 3 is 2.61 bits per heavy atom. The number of carbonyl (C=O) groups excluding carboxylic acids is 1. The second-order valence-corrected chi connectivity index (χ2v) is 6.48. The molecule has 1 N–H and O–H groups in total. The monoisotopic (exact) mass is 327 g/mol. The standard InChI is InChI=1S/C12H10BrNO3S/c1-18(16,17)14-12(15)9-5-6-10-8(7-9)3-2-4-11(10)13/h2-7H,1H3,(H,14,15). The Balaban J connectivity index is 2.45. The first-order valence-corrected chi connectivity index (χ1v) is 7.76. The molecule has 0 bridgehead atoms. The summed E-state index contributed by atoms with van der Waals surface area (Å²) < 4.78 is 24.8. The number of fused-ring (bicyclic) bond motifs is 1. The van der Waals surface area contributed by atoms with E-state index in [2.05, 4.69) is 15.9 Å². The Bertz CT molecular complexity index is 725. The van der Waals surface area contributed by atoms with Crippen LogP contribution in [0.15, 0.2) is 40.9 Å². The smallest absolute Gasteiger partial charge is 0.264 e. The average Bonchev–Trinajstić information content (AvgIpc) is 2.26. The van der Waals surface area contributed by atoms with Crippen molar-refractivity contribution in [3.8, 4) is 0 Å². The lowest BCUT2D eigenvalue weighted by Crippen LogP contribution is -2.29. The minimum atomic E-state index is -3.54. The molecule has 0 heterocycles. The molecule has 0 aliphatic heterocycles. The van der Waals surface area contributed by atoms with Crippen molar-refractivity contribution in [3.05, 3.63) is 46.4 Å². The van der Waals surface area contributed by atoms with Crippen LogP contribution in [0.1, 0.15) is 10.4 Å². The first-order chi connectivity index (χ1) is 8.37. The molecule has 0 atom stereocenters. The Hall–Kier alpha value is -1.40. The van der Waals surface area contributed by atoms with Gasteiger partial charge in [0.25, 0.3) is 5.91 Å². The van der Waals surface area contributed by atoms with Gasteiger partial charge in [-0.2, -0.15) is 0 Å². The van der Waals surface area contributed by atoms with Crippen LogP contribution in [0.5, 0.6) is 0 Å². The summed E-state index contributed by atoms with van der Waals surface area (Å²) in [7, 11) is -3.54. The number of carbonyl (C=O) groups is 1. The van der Waals surface area contributed by atoms with E-state index in [1.165, 1.54) is 0 Å². The predicted molar refractivity (Wildman–Crippen MR) is 74.0 cm³/mol. The van der Waals surface area contributed by atoms with Crippen LogP contribution in [-0.4, -0.2) is 20.6 Å². The van der Waals surface area contributed by atoms with Crippen LogP contribution in [0.2, 0.25) is 0 Å². The molecule has 6 heteroatoms. The van der Waals surface area contributed by atoms with Gasteiger partial charge in [0.05, 0.1) is 6.26 Å². The molecule has 0 spiro atoms. The van der Waals surface area contributed by atoms with Crippen LogP contribution in [0.4, 0.5) is 0 Å². The summed E-state index contributed by atoms with van der Waals surface area (Å²) in [6.07, 6.45) is 0.947. The van der Waals surface area contributed by atoms with Crippen LogP contribution < -0.4 is 4.72 Å². The molecule has 2 rings (SSSR count). The SMILES string of the molecule is CS(=O)(=O)NC(=O)c1ccc2c(Br)cccc2c1. The number of nitrogens with one attached hydrogen (secondary N) is 1. The molecule has 0 unspecified atom stereocenters. The van der Waals surface area contributed by atoms with E-state index in [-0.39, 0.29) is 0 Å². The van der Waals surface area contributed by atoms with Gasteiger partial charge in [-0.15, -0.1) is 0 Å². The maximum absolute atomic E-state index is 11.7. The lowest BCUT2D eigenvalue weighted by atomic mass is 10.1. The molecule has 0 aliphatic rings. The van der Waals surface area contributed by atoms with Crippen molar-refractivity contribution < 1.29 is 13.2 Å². The van der Waals surface area contributed by atoms with Gasteiger partial charge in [-0.05, 0) is 29.0 Å². The van der Waals surface area contributed by atoms with Crippen LogP contribution in [-0.2, 0) is 10.0 Å². The fourth-order valence-electron chi connectivity index (χ4n) is 1.61. The third-order valence-electron chi connectivity index (χ3n) is 2.37. The van der Waals surface area contributed by atoms with Crippen molar-refractivity contribution >= 4 is 42.6 Å². The number of rotatable bonds is 2. The summed E-state index contributed by atoms with van der Waals surface area (Å²) in [5.74, 6) is -0.626. The molecule has 0 radical (unpaired) electrons. The van der Waals surface area contributed by atoms with Gasteiger partial charge in [0.15, 0.2) is 0 Å². The number of hydrogen-bond acceptors (Lipinski definition) is 3. The topological polar surface area (TPSA) is 63.2 Å². The van der Waals surface area contributed by atoms with Gasteiger partial charge in [0.2, 0.25) is 10.0 Å². The van der Waals surface area contributed by atoms with Gasteiger partial charge in [-0.3, -0.25) is 4.79 Å². The quantitative estimate of drug-likeness (QED) is 0.920. The normalized spacial score (nSPS) is 11.4. The molecule has 1 amide bonds. The largest absolute Gasteiger partial charge is 0.268 e. The lowest BCUT2D eigenvalue weighted by Gasteiger charge is -2.05. The summed E-state index contributed by atoms with van der Waals surface area (Å²) in [5, 5.41) is 1.83. The molecular formula is C12H10BrNO3S. The van der Waals surface area contributed by atoms with Gasteiger partial charge >= 0.3 is 0 Å². The van der Waals surface area contributed by atoms with E-state index in [4.69, 9.17) is 0 Å². The zero-order valence-electron chi connectivity index (χ0n) is 9.48. The van der Waals surface area contributed by atoms with Crippen molar-refractivity contribution in [1.82, 2.24) is 4.72 Å². The summed E-state index contributed by atoms with van der Waals surface area (Å²) in [5.41, 5.74) is 0.311. The van der Waals surface area contributed by atoms with E-state index in [0.717, 1.165) is 21.5 Å². The molecule has 0 aromatic heterocycles. The van der Waals surface area contributed by atoms with E-state index in [1.54, 1.807) is 18.2 Å². The summed E-state index contributed by atoms with van der Waals surface area (Å²) >= 11 is 3.41. The molecule has 0 fully saturated rings. The van der Waals surface area contributed by atoms with Crippen LogP contribution >= 0.6 is 15.9 Å². The van der Waals surface area contributed by atoms with Crippen molar-refractivity contribution in [2.75, 3.05) is 6.26 Å². The van der Waals surface area contributed by atoms with Crippen molar-refractivity contribution in [1.29, 1.82) is 0 Å². The number of sulfonamides is 1. The van der Waals surface area contributed by atoms with Gasteiger partial charge < -0.3 is 0 Å². The Morgan fingerprint density at radius 1 is 1.22 bits per heavy atom. The average molecular weight is 328 g/mol. The third-order valence-corrected chi connectivity index (χ3v) is 3.62. The highest BCUT2D eigenvalue weighted by Crippen LogP contribution is 2.24. The summed E-state index contributed by atoms with van der Waals surface area (Å²) in [6, 6.07) is 10.6. The summed E-state index contributed by atoms with van der Waals surface area (Å²) in [6.45, 7) is 0. The number of hydrogen-bond donors (Lipinski definition) is 1. The van der Waals surface area contributed by atoms with Crippen LogP contribution in [0.3, 0.4) is 0 Å². The number of halogens is 1. The van der Waals surface area contributed by atoms with Gasteiger partial charge in [-0.1, -0.05) is 34.1 Å². The van der Waals surface area contributed by atoms with E-state index in [9.17, 15) is 13.2 Å². The maximum Gasteiger partial charge on any atom is 0.264 e. The van der Waals surface area contributed by atoms with Crippen molar-refractivity contribution in [2.45, 2.75) is 0 Å². The first kappa shape index (κ1) is 13.0. The maximum atomic E-state index is 11.7. The molecule has 0 saturated carbocycles. The Morgan fingerprint density at radius 2 is 1.94 bits per heavy atom. The second-order valence-electron chi connectivity index (χ2n) is 3.88. The second kappa shape index (κ2) is 4.70. The van der Waals surface area contributed by atoms with E-state index in [0.29, 0.717) is 5.56 Å². The van der Waals surface area contributed by atoms with Gasteiger partial charge in [-0.25, -0.2) is 13.1 Å². The highest BCUT2D eigenvalue weighted by molar-refractivity contribution is 9.10. The minimum Gasteiger partial charge on any atom is -0.268 e. The molecule has 2 aromatic carbocycles. The van der Waals surface area contributed by atoms with Crippen molar-refractivity contribution in [2.24, 2.45) is 0 Å². The van der Waals surface area contributed by atoms with Crippen LogP contribution in [0, 0.1) is 0 Å². The highest BCUT2D eigenvalue weighted by Gasteiger charge is 2.11. The lowest BCUT2D eigenvalue weighted by molar-refractivity contribution is 0.0982. The number of amides is 1. The zero-order valence-corrected chi connectivity index (χ0v) is 11.9. The molecule has 18 heavy (non-hydrogen) atoms. The predicted octanol–water partition coefficient (Wildman–Crippen LogP) is 2.29. The molecular weight excluding hydrogens is 318 g/mol. The highest BCUT2D eigenvalue weighted by atomic mass is 79.9. The molecule has 4 nitrogen and oxygen atoms in total.